The summed E-state index contributed by atoms with van der Waals surface area (Å²) >= 11 is 1.54. The third-order valence-corrected chi connectivity index (χ3v) is 4.07. The summed E-state index contributed by atoms with van der Waals surface area (Å²) < 4.78 is 0. The lowest BCUT2D eigenvalue weighted by Crippen LogP contribution is -2.29. The molecule has 3 heteroatoms. The minimum Gasteiger partial charge on any atom is -0.324 e. The molecule has 0 unspecified atom stereocenters. The van der Waals surface area contributed by atoms with Crippen LogP contribution in [0.25, 0.3) is 0 Å². The average molecular weight is 335 g/mol. The SMILES string of the molecule is CCC#CCN(Cc1ccccc1)C(=O)/C=C\Sc1ccccc1. The maximum absolute atomic E-state index is 12.5. The quantitative estimate of drug-likeness (QED) is 0.432. The van der Waals surface area contributed by atoms with Crippen molar-refractivity contribution < 1.29 is 4.79 Å². The van der Waals surface area contributed by atoms with Crippen molar-refractivity contribution in [3.05, 3.63) is 77.7 Å². The summed E-state index contributed by atoms with van der Waals surface area (Å²) in [6.07, 6.45) is 2.42. The van der Waals surface area contributed by atoms with Crippen LogP contribution in [-0.2, 0) is 11.3 Å². The minimum absolute atomic E-state index is 0.0207. The first-order valence-electron chi connectivity index (χ1n) is 7.96. The lowest BCUT2D eigenvalue weighted by molar-refractivity contribution is -0.126. The van der Waals surface area contributed by atoms with E-state index in [9.17, 15) is 4.79 Å². The van der Waals surface area contributed by atoms with Crippen molar-refractivity contribution >= 4 is 17.7 Å². The molecule has 0 saturated carbocycles. The van der Waals surface area contributed by atoms with E-state index < -0.39 is 0 Å². The Hall–Kier alpha value is -2.44. The van der Waals surface area contributed by atoms with Crippen LogP contribution in [0.3, 0.4) is 0 Å². The summed E-state index contributed by atoms with van der Waals surface area (Å²) in [5, 5.41) is 1.84. The third-order valence-electron chi connectivity index (χ3n) is 3.26. The van der Waals surface area contributed by atoms with E-state index in [2.05, 4.69) is 11.8 Å². The number of rotatable bonds is 6. The number of thioether (sulfide) groups is 1. The van der Waals surface area contributed by atoms with Crippen LogP contribution >= 0.6 is 11.8 Å². The van der Waals surface area contributed by atoms with Crippen molar-refractivity contribution in [1.82, 2.24) is 4.90 Å². The third kappa shape index (κ3) is 6.36. The highest BCUT2D eigenvalue weighted by molar-refractivity contribution is 8.02. The van der Waals surface area contributed by atoms with Gasteiger partial charge >= 0.3 is 0 Å². The van der Waals surface area contributed by atoms with Crippen molar-refractivity contribution in [3.63, 3.8) is 0 Å². The molecule has 2 aromatic rings. The highest BCUT2D eigenvalue weighted by Crippen LogP contribution is 2.18. The highest BCUT2D eigenvalue weighted by atomic mass is 32.2. The molecule has 2 rings (SSSR count). The lowest BCUT2D eigenvalue weighted by atomic mass is 10.2. The smallest absolute Gasteiger partial charge is 0.248 e. The zero-order valence-corrected chi connectivity index (χ0v) is 14.6. The fourth-order valence-corrected chi connectivity index (χ4v) is 2.72. The fourth-order valence-electron chi connectivity index (χ4n) is 2.07. The molecule has 0 fully saturated rings. The van der Waals surface area contributed by atoms with Gasteiger partial charge in [-0.25, -0.2) is 0 Å². The van der Waals surface area contributed by atoms with Crippen molar-refractivity contribution in [2.45, 2.75) is 24.8 Å². The Bertz CT molecular complexity index is 714. The normalized spacial score (nSPS) is 10.2. The lowest BCUT2D eigenvalue weighted by Gasteiger charge is -2.18. The second kappa shape index (κ2) is 10.4. The Kier molecular flexibility index (Phi) is 7.73. The van der Waals surface area contributed by atoms with Crippen molar-refractivity contribution in [1.29, 1.82) is 0 Å². The molecule has 0 aliphatic carbocycles. The first-order valence-corrected chi connectivity index (χ1v) is 8.84. The van der Waals surface area contributed by atoms with Crippen LogP contribution in [0, 0.1) is 11.8 Å². The number of amides is 1. The van der Waals surface area contributed by atoms with Gasteiger partial charge in [0, 0.05) is 23.9 Å². The molecule has 0 N–H and O–H groups in total. The summed E-state index contributed by atoms with van der Waals surface area (Å²) in [6, 6.07) is 20.0. The molecule has 0 aliphatic rings. The molecule has 0 aromatic heterocycles. The van der Waals surface area contributed by atoms with Gasteiger partial charge in [0.1, 0.15) is 0 Å². The summed E-state index contributed by atoms with van der Waals surface area (Å²) in [5.41, 5.74) is 1.10. The summed E-state index contributed by atoms with van der Waals surface area (Å²) in [6.45, 7) is 3.02. The highest BCUT2D eigenvalue weighted by Gasteiger charge is 2.09. The van der Waals surface area contributed by atoms with E-state index in [1.54, 1.807) is 11.0 Å². The molecular formula is C21H21NOS. The minimum atomic E-state index is -0.0207. The van der Waals surface area contributed by atoms with Crippen molar-refractivity contribution in [2.24, 2.45) is 0 Å². The zero-order valence-electron chi connectivity index (χ0n) is 13.8. The van der Waals surface area contributed by atoms with E-state index in [0.717, 1.165) is 16.9 Å². The van der Waals surface area contributed by atoms with E-state index in [1.165, 1.54) is 11.8 Å². The van der Waals surface area contributed by atoms with Gasteiger partial charge in [0.05, 0.1) is 6.54 Å². The Balaban J connectivity index is 2.00. The number of carbonyl (C=O) groups is 1. The number of hydrogen-bond acceptors (Lipinski definition) is 2. The van der Waals surface area contributed by atoms with Gasteiger partial charge in [-0.2, -0.15) is 0 Å². The summed E-state index contributed by atoms with van der Waals surface area (Å²) in [4.78, 5) is 15.4. The second-order valence-electron chi connectivity index (χ2n) is 5.12. The largest absolute Gasteiger partial charge is 0.324 e. The van der Waals surface area contributed by atoms with Crippen LogP contribution in [0.1, 0.15) is 18.9 Å². The van der Waals surface area contributed by atoms with Gasteiger partial charge in [-0.1, -0.05) is 73.1 Å². The maximum Gasteiger partial charge on any atom is 0.248 e. The molecule has 0 radical (unpaired) electrons. The average Bonchev–Trinajstić information content (AvgIpc) is 2.63. The second-order valence-corrected chi connectivity index (χ2v) is 6.10. The monoisotopic (exact) mass is 335 g/mol. The first kappa shape index (κ1) is 17.9. The first-order chi connectivity index (χ1) is 11.8. The van der Waals surface area contributed by atoms with Crippen LogP contribution in [0.2, 0.25) is 0 Å². The van der Waals surface area contributed by atoms with E-state index in [4.69, 9.17) is 0 Å². The number of hydrogen-bond donors (Lipinski definition) is 0. The van der Waals surface area contributed by atoms with Crippen LogP contribution < -0.4 is 0 Å². The zero-order chi connectivity index (χ0) is 17.0. The molecule has 0 aliphatic heterocycles. The van der Waals surface area contributed by atoms with Crippen molar-refractivity contribution in [3.8, 4) is 11.8 Å². The molecule has 1 amide bonds. The topological polar surface area (TPSA) is 20.3 Å². The van der Waals surface area contributed by atoms with Gasteiger partial charge in [0.15, 0.2) is 0 Å². The van der Waals surface area contributed by atoms with Gasteiger partial charge in [0.25, 0.3) is 0 Å². The van der Waals surface area contributed by atoms with Crippen molar-refractivity contribution in [2.75, 3.05) is 6.54 Å². The predicted octanol–water partition coefficient (Wildman–Crippen LogP) is 4.73. The Labute approximate surface area is 148 Å². The van der Waals surface area contributed by atoms with Gasteiger partial charge in [-0.3, -0.25) is 4.79 Å². The van der Waals surface area contributed by atoms with E-state index in [1.807, 2.05) is 73.0 Å². The molecule has 0 saturated heterocycles. The molecule has 0 spiro atoms. The maximum atomic E-state index is 12.5. The molecule has 2 aromatic carbocycles. The number of benzene rings is 2. The molecule has 0 bridgehead atoms. The standard InChI is InChI=1S/C21H21NOS/c1-2-3-10-16-22(18-19-11-6-4-7-12-19)21(23)15-17-24-20-13-8-5-9-14-20/h4-9,11-15,17H,2,16,18H2,1H3/b17-15-. The van der Waals surface area contributed by atoms with E-state index in [-0.39, 0.29) is 5.91 Å². The summed E-state index contributed by atoms with van der Waals surface area (Å²) in [7, 11) is 0. The molecule has 122 valence electrons. The van der Waals surface area contributed by atoms with Crippen LogP contribution in [0.4, 0.5) is 0 Å². The number of nitrogens with zero attached hydrogens (tertiary/aromatic N) is 1. The molecule has 24 heavy (non-hydrogen) atoms. The van der Waals surface area contributed by atoms with Gasteiger partial charge < -0.3 is 4.90 Å². The van der Waals surface area contributed by atoms with E-state index >= 15 is 0 Å². The Morgan fingerprint density at radius 3 is 2.38 bits per heavy atom. The summed E-state index contributed by atoms with van der Waals surface area (Å²) in [5.74, 6) is 6.07. The van der Waals surface area contributed by atoms with Gasteiger partial charge in [-0.05, 0) is 23.1 Å². The van der Waals surface area contributed by atoms with Crippen LogP contribution in [0.5, 0.6) is 0 Å². The fraction of sp³-hybridized carbons (Fsp3) is 0.190. The molecule has 0 heterocycles. The predicted molar refractivity (Wildman–Crippen MR) is 101 cm³/mol. The Morgan fingerprint density at radius 2 is 1.71 bits per heavy atom. The van der Waals surface area contributed by atoms with E-state index in [0.29, 0.717) is 13.1 Å². The Morgan fingerprint density at radius 1 is 1.04 bits per heavy atom. The van der Waals surface area contributed by atoms with Crippen LogP contribution in [0.15, 0.2) is 77.0 Å². The molecular weight excluding hydrogens is 314 g/mol. The van der Waals surface area contributed by atoms with Gasteiger partial charge in [-0.15, -0.1) is 5.92 Å². The molecule has 0 atom stereocenters. The van der Waals surface area contributed by atoms with Crippen LogP contribution in [-0.4, -0.2) is 17.4 Å². The molecule has 2 nitrogen and oxygen atoms in total. The van der Waals surface area contributed by atoms with Gasteiger partial charge in [0.2, 0.25) is 5.91 Å². The number of carbonyl (C=O) groups excluding carboxylic acids is 1.